The molecule has 0 aromatic heterocycles. The highest BCUT2D eigenvalue weighted by Gasteiger charge is 2.03. The van der Waals surface area contributed by atoms with Crippen molar-refractivity contribution in [2.75, 3.05) is 20.3 Å². The van der Waals surface area contributed by atoms with Gasteiger partial charge in [0.15, 0.2) is 0 Å². The van der Waals surface area contributed by atoms with Gasteiger partial charge in [-0.25, -0.2) is 4.39 Å². The molecular weight excluding hydrogens is 209 g/mol. The molecule has 0 spiro atoms. The third kappa shape index (κ3) is 3.97. The molecule has 16 heavy (non-hydrogen) atoms. The lowest BCUT2D eigenvalue weighted by molar-refractivity contribution is 0.0926. The molecule has 0 radical (unpaired) electrons. The van der Waals surface area contributed by atoms with Crippen LogP contribution in [0.3, 0.4) is 0 Å². The Labute approximate surface area is 94.4 Å². The summed E-state index contributed by atoms with van der Waals surface area (Å²) in [5, 5.41) is 8.80. The molecule has 0 atom stereocenters. The van der Waals surface area contributed by atoms with Gasteiger partial charge in [-0.1, -0.05) is 0 Å². The molecule has 0 amide bonds. The van der Waals surface area contributed by atoms with Crippen molar-refractivity contribution in [2.45, 2.75) is 13.0 Å². The highest BCUT2D eigenvalue weighted by atomic mass is 19.1. The van der Waals surface area contributed by atoms with Gasteiger partial charge < -0.3 is 9.47 Å². The summed E-state index contributed by atoms with van der Waals surface area (Å²) in [6, 6.07) is 6.06. The summed E-state index contributed by atoms with van der Waals surface area (Å²) < 4.78 is 23.1. The molecule has 4 heteroatoms. The van der Waals surface area contributed by atoms with E-state index < -0.39 is 0 Å². The number of hydrogen-bond donors (Lipinski definition) is 0. The van der Waals surface area contributed by atoms with Gasteiger partial charge in [0.25, 0.3) is 0 Å². The Bertz CT molecular complexity index is 374. The second kappa shape index (κ2) is 6.94. The lowest BCUT2D eigenvalue weighted by Crippen LogP contribution is -2.01. The van der Waals surface area contributed by atoms with E-state index in [0.717, 1.165) is 6.42 Å². The Balaban J connectivity index is 2.46. The minimum absolute atomic E-state index is 0.254. The van der Waals surface area contributed by atoms with Crippen LogP contribution in [0.25, 0.3) is 0 Å². The molecule has 0 aliphatic carbocycles. The van der Waals surface area contributed by atoms with Crippen LogP contribution < -0.4 is 0 Å². The van der Waals surface area contributed by atoms with Crippen molar-refractivity contribution in [1.29, 1.82) is 5.26 Å². The molecule has 0 bridgehead atoms. The van der Waals surface area contributed by atoms with Crippen LogP contribution in [0.15, 0.2) is 18.2 Å². The average Bonchev–Trinajstić information content (AvgIpc) is 2.29. The van der Waals surface area contributed by atoms with E-state index in [4.69, 9.17) is 14.7 Å². The van der Waals surface area contributed by atoms with E-state index in [9.17, 15) is 4.39 Å². The van der Waals surface area contributed by atoms with E-state index in [1.165, 1.54) is 18.2 Å². The summed E-state index contributed by atoms with van der Waals surface area (Å²) in [4.78, 5) is 0. The molecule has 1 aromatic carbocycles. The number of nitriles is 1. The maximum atomic E-state index is 12.9. The summed E-state index contributed by atoms with van der Waals surface area (Å²) in [5.74, 6) is -0.352. The van der Waals surface area contributed by atoms with Crippen molar-refractivity contribution in [3.8, 4) is 6.07 Å². The molecular formula is C12H14FNO2. The number of halogens is 1. The average molecular weight is 223 g/mol. The summed E-state index contributed by atoms with van der Waals surface area (Å²) in [5.41, 5.74) is 1.04. The summed E-state index contributed by atoms with van der Waals surface area (Å²) in [7, 11) is 1.63. The van der Waals surface area contributed by atoms with Crippen molar-refractivity contribution in [2.24, 2.45) is 0 Å². The fourth-order valence-corrected chi connectivity index (χ4v) is 1.28. The molecule has 86 valence electrons. The highest BCUT2D eigenvalue weighted by molar-refractivity contribution is 5.37. The van der Waals surface area contributed by atoms with E-state index in [2.05, 4.69) is 0 Å². The van der Waals surface area contributed by atoms with Crippen molar-refractivity contribution < 1.29 is 13.9 Å². The number of methoxy groups -OCH3 is 1. The normalized spacial score (nSPS) is 10.1. The lowest BCUT2D eigenvalue weighted by Gasteiger charge is -2.05. The third-order valence-electron chi connectivity index (χ3n) is 2.08. The van der Waals surface area contributed by atoms with Crippen LogP contribution in [0.5, 0.6) is 0 Å². The van der Waals surface area contributed by atoms with Gasteiger partial charge in [-0.15, -0.1) is 0 Å². The van der Waals surface area contributed by atoms with Crippen LogP contribution in [0.2, 0.25) is 0 Å². The van der Waals surface area contributed by atoms with E-state index in [1.807, 2.05) is 6.07 Å². The molecule has 1 rings (SSSR count). The maximum absolute atomic E-state index is 12.9. The standard InChI is InChI=1S/C12H14FNO2/c1-15-5-2-6-16-9-11-7-12(13)4-3-10(11)8-14/h3-4,7H,2,5-6,9H2,1H3. The Kier molecular flexibility index (Phi) is 5.48. The molecule has 0 heterocycles. The van der Waals surface area contributed by atoms with E-state index in [1.54, 1.807) is 7.11 Å². The second-order valence-electron chi connectivity index (χ2n) is 3.31. The van der Waals surface area contributed by atoms with Crippen LogP contribution >= 0.6 is 0 Å². The third-order valence-corrected chi connectivity index (χ3v) is 2.08. The topological polar surface area (TPSA) is 42.2 Å². The Morgan fingerprint density at radius 3 is 2.88 bits per heavy atom. The first kappa shape index (κ1) is 12.6. The summed E-state index contributed by atoms with van der Waals surface area (Å²) >= 11 is 0. The monoisotopic (exact) mass is 223 g/mol. The minimum Gasteiger partial charge on any atom is -0.385 e. The first-order valence-electron chi connectivity index (χ1n) is 5.03. The summed E-state index contributed by atoms with van der Waals surface area (Å²) in [6.45, 7) is 1.42. The molecule has 0 saturated carbocycles. The van der Waals surface area contributed by atoms with Gasteiger partial charge in [0.2, 0.25) is 0 Å². The number of benzene rings is 1. The fraction of sp³-hybridized carbons (Fsp3) is 0.417. The predicted molar refractivity (Wildman–Crippen MR) is 57.3 cm³/mol. The number of rotatable bonds is 6. The SMILES string of the molecule is COCCCOCc1cc(F)ccc1C#N. The van der Waals surface area contributed by atoms with Crippen LogP contribution in [0, 0.1) is 17.1 Å². The Morgan fingerprint density at radius 1 is 1.38 bits per heavy atom. The molecule has 0 aliphatic heterocycles. The number of hydrogen-bond acceptors (Lipinski definition) is 3. The first-order valence-corrected chi connectivity index (χ1v) is 5.03. The molecule has 0 saturated heterocycles. The molecule has 0 aliphatic rings. The van der Waals surface area contributed by atoms with Crippen LogP contribution in [-0.4, -0.2) is 20.3 Å². The van der Waals surface area contributed by atoms with E-state index >= 15 is 0 Å². The van der Waals surface area contributed by atoms with E-state index in [0.29, 0.717) is 24.3 Å². The van der Waals surface area contributed by atoms with Crippen molar-refractivity contribution in [1.82, 2.24) is 0 Å². The van der Waals surface area contributed by atoms with Gasteiger partial charge >= 0.3 is 0 Å². The zero-order chi connectivity index (χ0) is 11.8. The molecule has 1 aromatic rings. The lowest BCUT2D eigenvalue weighted by atomic mass is 10.1. The zero-order valence-electron chi connectivity index (χ0n) is 9.20. The minimum atomic E-state index is -0.352. The van der Waals surface area contributed by atoms with E-state index in [-0.39, 0.29) is 12.4 Å². The molecule has 3 nitrogen and oxygen atoms in total. The van der Waals surface area contributed by atoms with Gasteiger partial charge in [0, 0.05) is 20.3 Å². The molecule has 0 fully saturated rings. The second-order valence-corrected chi connectivity index (χ2v) is 3.31. The molecule has 0 N–H and O–H groups in total. The number of nitrogens with zero attached hydrogens (tertiary/aromatic N) is 1. The number of ether oxygens (including phenoxy) is 2. The predicted octanol–water partition coefficient (Wildman–Crippen LogP) is 2.25. The van der Waals surface area contributed by atoms with Crippen LogP contribution in [0.1, 0.15) is 17.5 Å². The fourth-order valence-electron chi connectivity index (χ4n) is 1.28. The largest absolute Gasteiger partial charge is 0.385 e. The first-order chi connectivity index (χ1) is 7.77. The zero-order valence-corrected chi connectivity index (χ0v) is 9.20. The quantitative estimate of drug-likeness (QED) is 0.694. The smallest absolute Gasteiger partial charge is 0.123 e. The Hall–Kier alpha value is -1.44. The van der Waals surface area contributed by atoms with Gasteiger partial charge in [-0.2, -0.15) is 5.26 Å². The van der Waals surface area contributed by atoms with Crippen LogP contribution in [0.4, 0.5) is 4.39 Å². The Morgan fingerprint density at radius 2 is 2.19 bits per heavy atom. The van der Waals surface area contributed by atoms with Gasteiger partial charge in [0.05, 0.1) is 18.2 Å². The van der Waals surface area contributed by atoms with Gasteiger partial charge in [-0.05, 0) is 30.2 Å². The van der Waals surface area contributed by atoms with Crippen LogP contribution in [-0.2, 0) is 16.1 Å². The van der Waals surface area contributed by atoms with Gasteiger partial charge in [0.1, 0.15) is 5.82 Å². The highest BCUT2D eigenvalue weighted by Crippen LogP contribution is 2.11. The van der Waals surface area contributed by atoms with Gasteiger partial charge in [-0.3, -0.25) is 0 Å². The summed E-state index contributed by atoms with van der Waals surface area (Å²) in [6.07, 6.45) is 0.785. The molecule has 0 unspecified atom stereocenters. The van der Waals surface area contributed by atoms with Crippen molar-refractivity contribution >= 4 is 0 Å². The van der Waals surface area contributed by atoms with Crippen molar-refractivity contribution in [3.63, 3.8) is 0 Å². The van der Waals surface area contributed by atoms with Crippen molar-refractivity contribution in [3.05, 3.63) is 35.1 Å². The maximum Gasteiger partial charge on any atom is 0.123 e.